The minimum atomic E-state index is -0.782. The number of carbonyl (C=O) groups is 2. The maximum atomic E-state index is 12.2. The van der Waals surface area contributed by atoms with E-state index in [1.807, 2.05) is 6.92 Å². The second kappa shape index (κ2) is 5.04. The third kappa shape index (κ3) is 2.60. The minimum Gasteiger partial charge on any atom is -0.342 e. The number of rotatable bonds is 3. The van der Waals surface area contributed by atoms with Crippen LogP contribution in [0.5, 0.6) is 0 Å². The van der Waals surface area contributed by atoms with Crippen molar-refractivity contribution in [2.75, 3.05) is 20.1 Å². The zero-order chi connectivity index (χ0) is 13.2. The van der Waals surface area contributed by atoms with E-state index in [0.717, 1.165) is 6.42 Å². The maximum absolute atomic E-state index is 12.2. The number of hydrogen-bond acceptors (Lipinski definition) is 3. The van der Waals surface area contributed by atoms with Crippen molar-refractivity contribution in [3.05, 3.63) is 0 Å². The Labute approximate surface area is 103 Å². The van der Waals surface area contributed by atoms with Crippen LogP contribution in [0.3, 0.4) is 0 Å². The van der Waals surface area contributed by atoms with Crippen LogP contribution in [0, 0.1) is 0 Å². The van der Waals surface area contributed by atoms with E-state index in [1.54, 1.807) is 30.7 Å². The molecule has 2 N–H and O–H groups in total. The van der Waals surface area contributed by atoms with Gasteiger partial charge in [-0.15, -0.1) is 0 Å². The van der Waals surface area contributed by atoms with Crippen molar-refractivity contribution in [3.63, 3.8) is 0 Å². The van der Waals surface area contributed by atoms with Crippen LogP contribution < -0.4 is 5.73 Å². The second-order valence-electron chi connectivity index (χ2n) is 5.17. The van der Waals surface area contributed by atoms with Gasteiger partial charge >= 0.3 is 0 Å². The summed E-state index contributed by atoms with van der Waals surface area (Å²) in [5, 5.41) is 0. The van der Waals surface area contributed by atoms with E-state index in [0.29, 0.717) is 19.5 Å². The number of amides is 2. The van der Waals surface area contributed by atoms with Crippen molar-refractivity contribution in [2.24, 2.45) is 5.73 Å². The Kier molecular flexibility index (Phi) is 4.14. The summed E-state index contributed by atoms with van der Waals surface area (Å²) in [5.74, 6) is -0.140. The van der Waals surface area contributed by atoms with Crippen LogP contribution in [0.1, 0.15) is 33.6 Å². The maximum Gasteiger partial charge on any atom is 0.247 e. The largest absolute Gasteiger partial charge is 0.342 e. The van der Waals surface area contributed by atoms with Crippen molar-refractivity contribution in [1.82, 2.24) is 9.80 Å². The molecule has 1 unspecified atom stereocenters. The van der Waals surface area contributed by atoms with Gasteiger partial charge in [-0.25, -0.2) is 0 Å². The van der Waals surface area contributed by atoms with Crippen LogP contribution in [-0.4, -0.2) is 53.3 Å². The van der Waals surface area contributed by atoms with Crippen molar-refractivity contribution in [1.29, 1.82) is 0 Å². The molecule has 0 saturated carbocycles. The standard InChI is InChI=1S/C12H23N3O2/c1-5-6-9(13)10(16)15-8-7-14(4)11(17)12(15,2)3/h9H,5-8,13H2,1-4H3. The predicted molar refractivity (Wildman–Crippen MR) is 66.3 cm³/mol. The highest BCUT2D eigenvalue weighted by Crippen LogP contribution is 2.22. The number of likely N-dealkylation sites (N-methyl/N-ethyl adjacent to an activating group) is 1. The SMILES string of the molecule is CCCC(N)C(=O)N1CCN(C)C(=O)C1(C)C. The van der Waals surface area contributed by atoms with Crippen LogP contribution in [0.25, 0.3) is 0 Å². The van der Waals surface area contributed by atoms with Gasteiger partial charge in [-0.2, -0.15) is 0 Å². The Morgan fingerprint density at radius 3 is 2.59 bits per heavy atom. The zero-order valence-electron chi connectivity index (χ0n) is 11.2. The summed E-state index contributed by atoms with van der Waals surface area (Å²) >= 11 is 0. The van der Waals surface area contributed by atoms with Crippen molar-refractivity contribution in [2.45, 2.75) is 45.2 Å². The Hall–Kier alpha value is -1.10. The normalized spacial score (nSPS) is 21.6. The first kappa shape index (κ1) is 14.0. The number of piperazine rings is 1. The third-order valence-electron chi connectivity index (χ3n) is 3.39. The van der Waals surface area contributed by atoms with Crippen LogP contribution in [0.2, 0.25) is 0 Å². The first-order valence-corrected chi connectivity index (χ1v) is 6.15. The predicted octanol–water partition coefficient (Wildman–Crippen LogP) is 0.193. The molecule has 0 aromatic heterocycles. The van der Waals surface area contributed by atoms with Gasteiger partial charge in [-0.3, -0.25) is 9.59 Å². The van der Waals surface area contributed by atoms with E-state index < -0.39 is 11.6 Å². The van der Waals surface area contributed by atoms with Gasteiger partial charge in [0.1, 0.15) is 5.54 Å². The molecule has 0 spiro atoms. The number of hydrogen-bond donors (Lipinski definition) is 1. The molecule has 0 aliphatic carbocycles. The van der Waals surface area contributed by atoms with Gasteiger partial charge in [0.25, 0.3) is 0 Å². The molecule has 1 aliphatic rings. The van der Waals surface area contributed by atoms with Crippen molar-refractivity contribution >= 4 is 11.8 Å². The molecule has 1 saturated heterocycles. The summed E-state index contributed by atoms with van der Waals surface area (Å²) in [6.45, 7) is 6.69. The van der Waals surface area contributed by atoms with Gasteiger partial charge in [-0.1, -0.05) is 13.3 Å². The van der Waals surface area contributed by atoms with E-state index in [9.17, 15) is 9.59 Å². The molecule has 17 heavy (non-hydrogen) atoms. The lowest BCUT2D eigenvalue weighted by atomic mass is 9.96. The van der Waals surface area contributed by atoms with Gasteiger partial charge < -0.3 is 15.5 Å². The van der Waals surface area contributed by atoms with Crippen LogP contribution in [0.4, 0.5) is 0 Å². The molecule has 0 radical (unpaired) electrons. The van der Waals surface area contributed by atoms with E-state index in [-0.39, 0.29) is 11.8 Å². The highest BCUT2D eigenvalue weighted by molar-refractivity contribution is 5.93. The summed E-state index contributed by atoms with van der Waals surface area (Å²) in [6, 6.07) is -0.490. The molecule has 0 aromatic carbocycles. The van der Waals surface area contributed by atoms with E-state index in [2.05, 4.69) is 0 Å². The molecule has 1 fully saturated rings. The Morgan fingerprint density at radius 1 is 1.47 bits per heavy atom. The molecule has 1 atom stereocenters. The summed E-state index contributed by atoms with van der Waals surface area (Å²) < 4.78 is 0. The van der Waals surface area contributed by atoms with Gasteiger partial charge in [0.2, 0.25) is 11.8 Å². The quantitative estimate of drug-likeness (QED) is 0.767. The number of carbonyl (C=O) groups excluding carboxylic acids is 2. The molecule has 1 heterocycles. The fourth-order valence-corrected chi connectivity index (χ4v) is 2.23. The van der Waals surface area contributed by atoms with Crippen molar-refractivity contribution in [3.8, 4) is 0 Å². The molecule has 5 nitrogen and oxygen atoms in total. The first-order valence-electron chi connectivity index (χ1n) is 6.15. The first-order chi connectivity index (χ1) is 7.82. The lowest BCUT2D eigenvalue weighted by Crippen LogP contribution is -2.65. The summed E-state index contributed by atoms with van der Waals surface area (Å²) in [5.41, 5.74) is 5.06. The smallest absolute Gasteiger partial charge is 0.247 e. The Balaban J connectivity index is 2.84. The van der Waals surface area contributed by atoms with Crippen LogP contribution >= 0.6 is 0 Å². The molecule has 1 rings (SSSR count). The fraction of sp³-hybridized carbons (Fsp3) is 0.833. The fourth-order valence-electron chi connectivity index (χ4n) is 2.23. The van der Waals surface area contributed by atoms with E-state index in [4.69, 9.17) is 5.73 Å². The highest BCUT2D eigenvalue weighted by Gasteiger charge is 2.43. The molecule has 2 amide bonds. The monoisotopic (exact) mass is 241 g/mol. The van der Waals surface area contributed by atoms with Gasteiger partial charge in [0, 0.05) is 20.1 Å². The lowest BCUT2D eigenvalue weighted by molar-refractivity contribution is -0.158. The molecule has 5 heteroatoms. The molecule has 0 aromatic rings. The summed E-state index contributed by atoms with van der Waals surface area (Å²) in [4.78, 5) is 27.5. The molecular formula is C12H23N3O2. The molecule has 1 aliphatic heterocycles. The van der Waals surface area contributed by atoms with Gasteiger partial charge in [-0.05, 0) is 20.3 Å². The van der Waals surface area contributed by atoms with Gasteiger partial charge in [0.15, 0.2) is 0 Å². The van der Waals surface area contributed by atoms with Crippen LogP contribution in [-0.2, 0) is 9.59 Å². The molecular weight excluding hydrogens is 218 g/mol. The second-order valence-corrected chi connectivity index (χ2v) is 5.17. The number of nitrogens with zero attached hydrogens (tertiary/aromatic N) is 2. The summed E-state index contributed by atoms with van der Waals surface area (Å²) in [7, 11) is 1.76. The van der Waals surface area contributed by atoms with Gasteiger partial charge in [0.05, 0.1) is 6.04 Å². The Morgan fingerprint density at radius 2 is 2.06 bits per heavy atom. The van der Waals surface area contributed by atoms with E-state index in [1.165, 1.54) is 0 Å². The minimum absolute atomic E-state index is 0.0270. The van der Waals surface area contributed by atoms with Crippen molar-refractivity contribution < 1.29 is 9.59 Å². The van der Waals surface area contributed by atoms with Crippen LogP contribution in [0.15, 0.2) is 0 Å². The lowest BCUT2D eigenvalue weighted by Gasteiger charge is -2.45. The third-order valence-corrected chi connectivity index (χ3v) is 3.39. The topological polar surface area (TPSA) is 66.6 Å². The number of nitrogens with two attached hydrogens (primary N) is 1. The highest BCUT2D eigenvalue weighted by atomic mass is 16.2. The summed E-state index contributed by atoms with van der Waals surface area (Å²) in [6.07, 6.45) is 1.53. The average Bonchev–Trinajstić information content (AvgIpc) is 2.26. The molecule has 98 valence electrons. The van der Waals surface area contributed by atoms with E-state index >= 15 is 0 Å². The zero-order valence-corrected chi connectivity index (χ0v) is 11.2. The Bertz CT molecular complexity index is 315. The molecule has 0 bridgehead atoms. The average molecular weight is 241 g/mol.